The van der Waals surface area contributed by atoms with Crippen LogP contribution in [0.4, 0.5) is 13.2 Å². The fourth-order valence-electron chi connectivity index (χ4n) is 2.37. The van der Waals surface area contributed by atoms with Crippen molar-refractivity contribution in [1.29, 1.82) is 0 Å². The second-order valence-electron chi connectivity index (χ2n) is 5.21. The molecule has 0 amide bonds. The maximum absolute atomic E-state index is 12.8. The van der Waals surface area contributed by atoms with Gasteiger partial charge in [0, 0.05) is 24.7 Å². The van der Waals surface area contributed by atoms with Gasteiger partial charge in [0.25, 0.3) is 0 Å². The molecule has 0 spiro atoms. The Morgan fingerprint density at radius 2 is 2.00 bits per heavy atom. The molecule has 0 aliphatic carbocycles. The first-order valence-electron chi connectivity index (χ1n) is 6.45. The van der Waals surface area contributed by atoms with Crippen LogP contribution >= 0.6 is 0 Å². The molecule has 1 saturated heterocycles. The van der Waals surface area contributed by atoms with E-state index in [9.17, 15) is 21.6 Å². The molecule has 1 aromatic heterocycles. The first-order chi connectivity index (χ1) is 9.57. The lowest BCUT2D eigenvalue weighted by molar-refractivity contribution is -0.141. The second-order valence-corrected chi connectivity index (χ2v) is 7.19. The van der Waals surface area contributed by atoms with E-state index in [0.29, 0.717) is 19.4 Å². The summed E-state index contributed by atoms with van der Waals surface area (Å²) in [6, 6.07) is 0.890. The smallest absolute Gasteiger partial charge is 0.238 e. The Morgan fingerprint density at radius 1 is 1.33 bits per heavy atom. The monoisotopic (exact) mass is 323 g/mol. The molecule has 1 aliphatic rings. The van der Waals surface area contributed by atoms with Gasteiger partial charge in [0.2, 0.25) is 10.0 Å². The molecule has 1 aromatic rings. The fraction of sp³-hybridized carbons (Fsp3) is 0.667. The van der Waals surface area contributed by atoms with Gasteiger partial charge in [-0.15, -0.1) is 0 Å². The zero-order chi connectivity index (χ0) is 15.8. The molecule has 0 aromatic carbocycles. The van der Waals surface area contributed by atoms with E-state index in [1.165, 1.54) is 11.2 Å². The van der Waals surface area contributed by atoms with E-state index >= 15 is 0 Å². The first kappa shape index (κ1) is 16.2. The number of hydrogen-bond acceptors (Lipinski definition) is 4. The van der Waals surface area contributed by atoms with Crippen molar-refractivity contribution in [3.05, 3.63) is 23.3 Å². The van der Waals surface area contributed by atoms with Crippen LogP contribution in [0.2, 0.25) is 0 Å². The topological polar surface area (TPSA) is 63.2 Å². The van der Waals surface area contributed by atoms with Crippen LogP contribution in [0.25, 0.3) is 0 Å². The summed E-state index contributed by atoms with van der Waals surface area (Å²) in [5.41, 5.74) is -0.759. The highest BCUT2D eigenvalue weighted by atomic mass is 32.2. The normalized spacial score (nSPS) is 21.5. The van der Waals surface area contributed by atoms with Gasteiger partial charge in [0.15, 0.2) is 0 Å². The lowest BCUT2D eigenvalue weighted by atomic mass is 9.98. The molecule has 0 unspecified atom stereocenters. The average molecular weight is 323 g/mol. The van der Waals surface area contributed by atoms with Crippen molar-refractivity contribution in [2.75, 3.05) is 19.3 Å². The van der Waals surface area contributed by atoms with E-state index in [1.54, 1.807) is 0 Å². The molecule has 21 heavy (non-hydrogen) atoms. The minimum absolute atomic E-state index is 0.0654. The number of alkyl halides is 3. The zero-order valence-corrected chi connectivity index (χ0v) is 12.5. The maximum atomic E-state index is 12.8. The van der Waals surface area contributed by atoms with E-state index in [-0.39, 0.29) is 18.1 Å². The number of aryl methyl sites for hydroxylation is 1. The summed E-state index contributed by atoms with van der Waals surface area (Å²) < 4.78 is 62.7. The lowest BCUT2D eigenvalue weighted by Crippen LogP contribution is -2.39. The number of aromatic nitrogens is 2. The van der Waals surface area contributed by atoms with Crippen LogP contribution in [0.1, 0.15) is 36.0 Å². The minimum Gasteiger partial charge on any atom is -0.238 e. The number of rotatable bonds is 2. The highest BCUT2D eigenvalue weighted by Gasteiger charge is 2.35. The van der Waals surface area contributed by atoms with Crippen LogP contribution < -0.4 is 0 Å². The molecule has 2 heterocycles. The third-order valence-corrected chi connectivity index (χ3v) is 4.65. The largest absolute Gasteiger partial charge is 0.433 e. The standard InChI is InChI=1S/C12H16F3N3O2S/c1-8-6-10(12(13,14)15)17-11(16-8)9-4-3-5-18(7-9)21(2,19)20/h6,9H,3-5,7H2,1-2H3/t9-/m0/s1. The summed E-state index contributed by atoms with van der Waals surface area (Å²) in [4.78, 5) is 7.64. The lowest BCUT2D eigenvalue weighted by Gasteiger charge is -2.30. The van der Waals surface area contributed by atoms with Crippen LogP contribution in [0.5, 0.6) is 0 Å². The Kier molecular flexibility index (Phi) is 4.25. The summed E-state index contributed by atoms with van der Waals surface area (Å²) in [7, 11) is -3.36. The third-order valence-electron chi connectivity index (χ3n) is 3.38. The van der Waals surface area contributed by atoms with E-state index in [4.69, 9.17) is 0 Å². The number of nitrogens with zero attached hydrogens (tertiary/aromatic N) is 3. The number of hydrogen-bond donors (Lipinski definition) is 0. The Hall–Kier alpha value is -1.22. The van der Waals surface area contributed by atoms with Gasteiger partial charge >= 0.3 is 6.18 Å². The van der Waals surface area contributed by atoms with E-state index in [2.05, 4.69) is 9.97 Å². The van der Waals surface area contributed by atoms with Gasteiger partial charge in [0.05, 0.1) is 6.26 Å². The molecule has 5 nitrogen and oxygen atoms in total. The van der Waals surface area contributed by atoms with Crippen molar-refractivity contribution in [3.63, 3.8) is 0 Å². The van der Waals surface area contributed by atoms with Crippen molar-refractivity contribution in [2.45, 2.75) is 31.9 Å². The van der Waals surface area contributed by atoms with Crippen LogP contribution in [0, 0.1) is 6.92 Å². The highest BCUT2D eigenvalue weighted by Crippen LogP contribution is 2.31. The van der Waals surface area contributed by atoms with Gasteiger partial charge in [-0.2, -0.15) is 13.2 Å². The molecule has 1 aliphatic heterocycles. The molecule has 0 radical (unpaired) electrons. The summed E-state index contributed by atoms with van der Waals surface area (Å²) in [6.07, 6.45) is -2.29. The summed E-state index contributed by atoms with van der Waals surface area (Å²) in [6.45, 7) is 1.98. The van der Waals surface area contributed by atoms with Gasteiger partial charge in [-0.25, -0.2) is 22.7 Å². The quantitative estimate of drug-likeness (QED) is 0.834. The van der Waals surface area contributed by atoms with E-state index in [1.807, 2.05) is 0 Å². The number of piperidine rings is 1. The van der Waals surface area contributed by atoms with Crippen LogP contribution in [0.15, 0.2) is 6.07 Å². The van der Waals surface area contributed by atoms with Crippen LogP contribution in [0.3, 0.4) is 0 Å². The minimum atomic E-state index is -4.53. The van der Waals surface area contributed by atoms with E-state index < -0.39 is 27.8 Å². The summed E-state index contributed by atoms with van der Waals surface area (Å²) in [5.74, 6) is -0.342. The number of halogens is 3. The molecule has 0 N–H and O–H groups in total. The molecule has 0 bridgehead atoms. The van der Waals surface area contributed by atoms with Crippen molar-refractivity contribution in [1.82, 2.24) is 14.3 Å². The van der Waals surface area contributed by atoms with Crippen LogP contribution in [-0.2, 0) is 16.2 Å². The molecular formula is C12H16F3N3O2S. The van der Waals surface area contributed by atoms with Crippen molar-refractivity contribution in [3.8, 4) is 0 Å². The molecular weight excluding hydrogens is 307 g/mol. The Labute approximate surface area is 121 Å². The predicted molar refractivity (Wildman–Crippen MR) is 70.2 cm³/mol. The molecule has 1 atom stereocenters. The SMILES string of the molecule is Cc1cc(C(F)(F)F)nc([C@H]2CCCN(S(C)(=O)=O)C2)n1. The summed E-state index contributed by atoms with van der Waals surface area (Å²) >= 11 is 0. The predicted octanol–water partition coefficient (Wildman–Crippen LogP) is 1.94. The van der Waals surface area contributed by atoms with Gasteiger partial charge in [0.1, 0.15) is 11.5 Å². The molecule has 1 fully saturated rings. The van der Waals surface area contributed by atoms with Gasteiger partial charge in [-0.3, -0.25) is 0 Å². The third kappa shape index (κ3) is 3.91. The van der Waals surface area contributed by atoms with Crippen molar-refractivity contribution < 1.29 is 21.6 Å². The van der Waals surface area contributed by atoms with Crippen LogP contribution in [-0.4, -0.2) is 42.0 Å². The highest BCUT2D eigenvalue weighted by molar-refractivity contribution is 7.88. The van der Waals surface area contributed by atoms with Gasteiger partial charge in [-0.05, 0) is 25.8 Å². The van der Waals surface area contributed by atoms with Crippen molar-refractivity contribution >= 4 is 10.0 Å². The zero-order valence-electron chi connectivity index (χ0n) is 11.7. The Morgan fingerprint density at radius 3 is 2.57 bits per heavy atom. The van der Waals surface area contributed by atoms with Gasteiger partial charge in [-0.1, -0.05) is 0 Å². The molecule has 0 saturated carbocycles. The fourth-order valence-corrected chi connectivity index (χ4v) is 3.29. The average Bonchev–Trinajstić information content (AvgIpc) is 2.36. The maximum Gasteiger partial charge on any atom is 0.433 e. The molecule has 2 rings (SSSR count). The molecule has 9 heteroatoms. The van der Waals surface area contributed by atoms with Crippen molar-refractivity contribution in [2.24, 2.45) is 0 Å². The first-order valence-corrected chi connectivity index (χ1v) is 8.30. The second kappa shape index (κ2) is 5.53. The number of sulfonamides is 1. The Bertz CT molecular complexity index is 631. The Balaban J connectivity index is 2.31. The molecule has 118 valence electrons. The summed E-state index contributed by atoms with van der Waals surface area (Å²) in [5, 5.41) is 0. The van der Waals surface area contributed by atoms with E-state index in [0.717, 1.165) is 12.3 Å². The van der Waals surface area contributed by atoms with Gasteiger partial charge < -0.3 is 0 Å².